The number of ether oxygens (including phenoxy) is 12. The number of hydrogen-bond acceptors (Lipinski definition) is 13. The Bertz CT molecular complexity index is 1190. The summed E-state index contributed by atoms with van der Waals surface area (Å²) < 4.78 is 68.3. The van der Waals surface area contributed by atoms with Crippen molar-refractivity contribution in [2.75, 3.05) is 122 Å². The molecule has 0 aliphatic heterocycles. The second kappa shape index (κ2) is 24.2. The van der Waals surface area contributed by atoms with E-state index in [1.54, 1.807) is 54.0 Å². The number of methoxy groups -OCH3 is 6. The molecule has 1 aromatic heterocycles. The van der Waals surface area contributed by atoms with Gasteiger partial charge >= 0.3 is 0 Å². The SMILES string of the molecule is COCCOCCOCCOCc1c(-c2c(OC)cccc2OC)sc(-c2c(OC)cccc2OC)c1COCCOCCOCCOC. The minimum atomic E-state index is 0.284. The molecule has 0 N–H and O–H groups in total. The van der Waals surface area contributed by atoms with Gasteiger partial charge in [-0.2, -0.15) is 0 Å². The Balaban J connectivity index is 1.92. The van der Waals surface area contributed by atoms with Crippen LogP contribution in [-0.2, 0) is 51.1 Å². The van der Waals surface area contributed by atoms with Crippen LogP contribution in [0.25, 0.3) is 20.9 Å². The van der Waals surface area contributed by atoms with Crippen molar-refractivity contribution in [1.82, 2.24) is 0 Å². The van der Waals surface area contributed by atoms with Crippen molar-refractivity contribution in [2.45, 2.75) is 13.2 Å². The Hall–Kier alpha value is -2.98. The van der Waals surface area contributed by atoms with Crippen molar-refractivity contribution >= 4 is 11.3 Å². The third-order valence-corrected chi connectivity index (χ3v) is 8.58. The topological polar surface area (TPSA) is 111 Å². The maximum absolute atomic E-state index is 6.25. The zero-order valence-corrected chi connectivity index (χ0v) is 30.5. The number of hydrogen-bond donors (Lipinski definition) is 0. The van der Waals surface area contributed by atoms with E-state index in [1.807, 2.05) is 36.4 Å². The molecular formula is C36H52O12S. The lowest BCUT2D eigenvalue weighted by atomic mass is 10.00. The van der Waals surface area contributed by atoms with Gasteiger partial charge in [-0.05, 0) is 24.3 Å². The fourth-order valence-corrected chi connectivity index (χ4v) is 6.29. The van der Waals surface area contributed by atoms with Crippen LogP contribution >= 0.6 is 11.3 Å². The molecule has 274 valence electrons. The molecule has 3 aromatic rings. The van der Waals surface area contributed by atoms with Gasteiger partial charge < -0.3 is 56.8 Å². The van der Waals surface area contributed by atoms with Crippen LogP contribution in [-0.4, -0.2) is 122 Å². The highest BCUT2D eigenvalue weighted by atomic mass is 32.1. The third-order valence-electron chi connectivity index (χ3n) is 7.27. The normalized spacial score (nSPS) is 11.2. The number of thiophene rings is 1. The summed E-state index contributed by atoms with van der Waals surface area (Å²) in [6, 6.07) is 11.5. The average Bonchev–Trinajstić information content (AvgIpc) is 3.48. The molecule has 49 heavy (non-hydrogen) atoms. The van der Waals surface area contributed by atoms with Gasteiger partial charge in [-0.3, -0.25) is 0 Å². The molecule has 0 aliphatic carbocycles. The molecule has 3 rings (SSSR count). The van der Waals surface area contributed by atoms with E-state index in [0.717, 1.165) is 32.0 Å². The quantitative estimate of drug-likeness (QED) is 0.0888. The Morgan fingerprint density at radius 2 is 0.673 bits per heavy atom. The summed E-state index contributed by atoms with van der Waals surface area (Å²) in [5, 5.41) is 0. The first kappa shape index (κ1) is 40.4. The third kappa shape index (κ3) is 12.7. The molecule has 0 bridgehead atoms. The highest BCUT2D eigenvalue weighted by molar-refractivity contribution is 7.19. The molecule has 0 atom stereocenters. The van der Waals surface area contributed by atoms with Crippen molar-refractivity contribution in [3.63, 3.8) is 0 Å². The summed E-state index contributed by atoms with van der Waals surface area (Å²) in [4.78, 5) is 1.85. The minimum absolute atomic E-state index is 0.284. The van der Waals surface area contributed by atoms with E-state index in [2.05, 4.69) is 0 Å². The predicted octanol–water partition coefficient (Wildman–Crippen LogP) is 5.51. The van der Waals surface area contributed by atoms with Gasteiger partial charge in [-0.15, -0.1) is 11.3 Å². The molecule has 1 heterocycles. The Morgan fingerprint density at radius 1 is 0.388 bits per heavy atom. The monoisotopic (exact) mass is 708 g/mol. The van der Waals surface area contributed by atoms with Crippen molar-refractivity contribution in [3.8, 4) is 43.9 Å². The molecule has 0 saturated carbocycles. The first-order valence-electron chi connectivity index (χ1n) is 16.2. The lowest BCUT2D eigenvalue weighted by Gasteiger charge is -2.16. The molecule has 0 saturated heterocycles. The van der Waals surface area contributed by atoms with Crippen molar-refractivity contribution in [2.24, 2.45) is 0 Å². The van der Waals surface area contributed by atoms with E-state index in [1.165, 1.54) is 0 Å². The zero-order chi connectivity index (χ0) is 35.1. The highest BCUT2D eigenvalue weighted by Crippen LogP contribution is 2.52. The van der Waals surface area contributed by atoms with E-state index in [4.69, 9.17) is 56.8 Å². The van der Waals surface area contributed by atoms with Gasteiger partial charge in [0.05, 0.1) is 132 Å². The second-order valence-corrected chi connectivity index (χ2v) is 11.4. The van der Waals surface area contributed by atoms with Crippen LogP contribution in [0.3, 0.4) is 0 Å². The van der Waals surface area contributed by atoms with Gasteiger partial charge in [0.25, 0.3) is 0 Å². The molecule has 0 radical (unpaired) electrons. The average molecular weight is 709 g/mol. The van der Waals surface area contributed by atoms with Gasteiger partial charge in [-0.25, -0.2) is 0 Å². The Labute approximate surface area is 294 Å². The van der Waals surface area contributed by atoms with Crippen LogP contribution in [0, 0.1) is 0 Å². The van der Waals surface area contributed by atoms with Crippen LogP contribution in [0.1, 0.15) is 11.1 Å². The van der Waals surface area contributed by atoms with Crippen LogP contribution in [0.2, 0.25) is 0 Å². The smallest absolute Gasteiger partial charge is 0.131 e. The van der Waals surface area contributed by atoms with Crippen LogP contribution in [0.4, 0.5) is 0 Å². The molecule has 0 aliphatic rings. The first-order chi connectivity index (χ1) is 24.1. The van der Waals surface area contributed by atoms with Gasteiger partial charge in [0.15, 0.2) is 0 Å². The van der Waals surface area contributed by atoms with E-state index in [-0.39, 0.29) is 13.2 Å². The fraction of sp³-hybridized carbons (Fsp3) is 0.556. The summed E-state index contributed by atoms with van der Waals surface area (Å²) >= 11 is 1.58. The summed E-state index contributed by atoms with van der Waals surface area (Å²) in [6.45, 7) is 6.22. The molecule has 13 heteroatoms. The Morgan fingerprint density at radius 3 is 0.959 bits per heavy atom. The molecular weight excluding hydrogens is 656 g/mol. The Kier molecular flexibility index (Phi) is 20.0. The van der Waals surface area contributed by atoms with E-state index in [0.29, 0.717) is 102 Å². The molecule has 0 spiro atoms. The van der Waals surface area contributed by atoms with Crippen LogP contribution < -0.4 is 18.9 Å². The largest absolute Gasteiger partial charge is 0.496 e. The maximum Gasteiger partial charge on any atom is 0.131 e. The number of benzene rings is 2. The standard InChI is InChI=1S/C36H52O12S/c1-37-13-15-43-17-19-45-21-23-47-25-27-28(26-48-24-22-46-20-18-44-16-14-38-2)36(34-31(41-5)11-8-12-32(34)42-6)49-35(27)33-29(39-3)9-7-10-30(33)40-4/h7-12H,13-26H2,1-6H3. The van der Waals surface area contributed by atoms with Crippen LogP contribution in [0.5, 0.6) is 23.0 Å². The second-order valence-electron chi connectivity index (χ2n) is 10.3. The van der Waals surface area contributed by atoms with Crippen LogP contribution in [0.15, 0.2) is 36.4 Å². The number of rotatable bonds is 28. The van der Waals surface area contributed by atoms with E-state index >= 15 is 0 Å². The summed E-state index contributed by atoms with van der Waals surface area (Å²) in [7, 11) is 9.88. The first-order valence-corrected chi connectivity index (χ1v) is 17.0. The summed E-state index contributed by atoms with van der Waals surface area (Å²) in [6.07, 6.45) is 0. The fourth-order valence-electron chi connectivity index (χ4n) is 4.87. The molecule has 0 fully saturated rings. The predicted molar refractivity (Wildman–Crippen MR) is 188 cm³/mol. The van der Waals surface area contributed by atoms with Gasteiger partial charge in [-0.1, -0.05) is 12.1 Å². The lowest BCUT2D eigenvalue weighted by Crippen LogP contribution is -2.12. The van der Waals surface area contributed by atoms with E-state index < -0.39 is 0 Å². The minimum Gasteiger partial charge on any atom is -0.496 e. The van der Waals surface area contributed by atoms with Gasteiger partial charge in [0.2, 0.25) is 0 Å². The van der Waals surface area contributed by atoms with Crippen molar-refractivity contribution < 1.29 is 56.8 Å². The lowest BCUT2D eigenvalue weighted by molar-refractivity contribution is -0.00150. The molecule has 0 unspecified atom stereocenters. The van der Waals surface area contributed by atoms with Crippen molar-refractivity contribution in [1.29, 1.82) is 0 Å². The molecule has 0 amide bonds. The molecule has 2 aromatic carbocycles. The maximum atomic E-state index is 6.25. The summed E-state index contributed by atoms with van der Waals surface area (Å²) in [5.41, 5.74) is 3.51. The zero-order valence-electron chi connectivity index (χ0n) is 29.7. The summed E-state index contributed by atoms with van der Waals surface area (Å²) in [5.74, 6) is 2.69. The van der Waals surface area contributed by atoms with E-state index in [9.17, 15) is 0 Å². The highest BCUT2D eigenvalue weighted by Gasteiger charge is 2.28. The van der Waals surface area contributed by atoms with Gasteiger partial charge in [0, 0.05) is 35.1 Å². The molecule has 12 nitrogen and oxygen atoms in total. The van der Waals surface area contributed by atoms with Gasteiger partial charge in [0.1, 0.15) is 23.0 Å². The van der Waals surface area contributed by atoms with Crippen molar-refractivity contribution in [3.05, 3.63) is 47.5 Å².